The highest BCUT2D eigenvalue weighted by atomic mass is 35.5. The Labute approximate surface area is 119 Å². The highest BCUT2D eigenvalue weighted by molar-refractivity contribution is 6.29. The van der Waals surface area contributed by atoms with Gasteiger partial charge in [-0.05, 0) is 51.5 Å². The molecule has 2 heterocycles. The molecule has 0 aliphatic carbocycles. The van der Waals surface area contributed by atoms with Crippen molar-refractivity contribution >= 4 is 17.5 Å². The average Bonchev–Trinajstić information content (AvgIpc) is 2.40. The van der Waals surface area contributed by atoms with Gasteiger partial charge in [-0.15, -0.1) is 0 Å². The van der Waals surface area contributed by atoms with Crippen molar-refractivity contribution in [1.82, 2.24) is 15.2 Å². The van der Waals surface area contributed by atoms with Crippen molar-refractivity contribution < 1.29 is 4.79 Å². The first-order chi connectivity index (χ1) is 9.08. The lowest BCUT2D eigenvalue weighted by atomic mass is 10.0. The number of aryl methyl sites for hydroxylation is 1. The number of hydrogen-bond donors (Lipinski definition) is 1. The maximum Gasteiger partial charge on any atom is 0.251 e. The Hall–Kier alpha value is -1.13. The Balaban J connectivity index is 2.01. The SMILES string of the molecule is CCc1cc(C(=O)NC2CCN(C)CC2)cc(Cl)n1. The van der Waals surface area contributed by atoms with E-state index < -0.39 is 0 Å². The minimum absolute atomic E-state index is 0.0476. The zero-order chi connectivity index (χ0) is 13.8. The zero-order valence-electron chi connectivity index (χ0n) is 11.4. The number of nitrogens with zero attached hydrogens (tertiary/aromatic N) is 2. The van der Waals surface area contributed by atoms with Gasteiger partial charge >= 0.3 is 0 Å². The number of amides is 1. The van der Waals surface area contributed by atoms with Gasteiger partial charge in [-0.2, -0.15) is 0 Å². The smallest absolute Gasteiger partial charge is 0.251 e. The summed E-state index contributed by atoms with van der Waals surface area (Å²) >= 11 is 5.94. The molecule has 0 unspecified atom stereocenters. The number of pyridine rings is 1. The van der Waals surface area contributed by atoms with Crippen LogP contribution in [0.4, 0.5) is 0 Å². The van der Waals surface area contributed by atoms with Crippen LogP contribution in [-0.2, 0) is 6.42 Å². The van der Waals surface area contributed by atoms with Crippen molar-refractivity contribution in [3.63, 3.8) is 0 Å². The Morgan fingerprint density at radius 1 is 1.47 bits per heavy atom. The molecule has 0 bridgehead atoms. The number of likely N-dealkylation sites (tertiary alicyclic amines) is 1. The van der Waals surface area contributed by atoms with Crippen LogP contribution in [-0.4, -0.2) is 42.0 Å². The predicted molar refractivity (Wildman–Crippen MR) is 76.6 cm³/mol. The summed E-state index contributed by atoms with van der Waals surface area (Å²) in [5, 5.41) is 3.46. The van der Waals surface area contributed by atoms with Crippen molar-refractivity contribution in [2.45, 2.75) is 32.2 Å². The Morgan fingerprint density at radius 2 is 2.16 bits per heavy atom. The second-order valence-electron chi connectivity index (χ2n) is 5.07. The van der Waals surface area contributed by atoms with Crippen LogP contribution >= 0.6 is 11.6 Å². The highest BCUT2D eigenvalue weighted by Gasteiger charge is 2.19. The number of carbonyl (C=O) groups excluding carboxylic acids is 1. The zero-order valence-corrected chi connectivity index (χ0v) is 12.2. The molecule has 0 aromatic carbocycles. The minimum Gasteiger partial charge on any atom is -0.349 e. The van der Waals surface area contributed by atoms with Crippen molar-refractivity contribution in [2.24, 2.45) is 0 Å². The summed E-state index contributed by atoms with van der Waals surface area (Å²) in [6.45, 7) is 4.06. The Morgan fingerprint density at radius 3 is 2.79 bits per heavy atom. The van der Waals surface area contributed by atoms with Crippen LogP contribution in [0, 0.1) is 0 Å². The lowest BCUT2D eigenvalue weighted by Crippen LogP contribution is -2.43. The molecule has 1 aromatic rings. The van der Waals surface area contributed by atoms with Gasteiger partial charge in [0.15, 0.2) is 0 Å². The molecule has 1 N–H and O–H groups in total. The molecule has 1 aromatic heterocycles. The van der Waals surface area contributed by atoms with E-state index in [1.165, 1.54) is 0 Å². The number of piperidine rings is 1. The van der Waals surface area contributed by atoms with Gasteiger partial charge in [0.05, 0.1) is 0 Å². The molecule has 4 nitrogen and oxygen atoms in total. The van der Waals surface area contributed by atoms with Crippen molar-refractivity contribution in [3.05, 3.63) is 28.5 Å². The highest BCUT2D eigenvalue weighted by Crippen LogP contribution is 2.13. The lowest BCUT2D eigenvalue weighted by Gasteiger charge is -2.29. The Kier molecular flexibility index (Phi) is 4.77. The van der Waals surface area contributed by atoms with Crippen molar-refractivity contribution in [2.75, 3.05) is 20.1 Å². The van der Waals surface area contributed by atoms with Gasteiger partial charge in [-0.1, -0.05) is 18.5 Å². The van der Waals surface area contributed by atoms with E-state index in [-0.39, 0.29) is 11.9 Å². The molecule has 0 spiro atoms. The lowest BCUT2D eigenvalue weighted by molar-refractivity contribution is 0.0916. The molecule has 19 heavy (non-hydrogen) atoms. The summed E-state index contributed by atoms with van der Waals surface area (Å²) in [7, 11) is 2.11. The summed E-state index contributed by atoms with van der Waals surface area (Å²) in [5.41, 5.74) is 1.46. The molecule has 1 aliphatic heterocycles. The van der Waals surface area contributed by atoms with Crippen molar-refractivity contribution in [3.8, 4) is 0 Å². The van der Waals surface area contributed by atoms with Gasteiger partial charge in [0.25, 0.3) is 5.91 Å². The fraction of sp³-hybridized carbons (Fsp3) is 0.571. The van der Waals surface area contributed by atoms with E-state index >= 15 is 0 Å². The number of nitrogens with one attached hydrogen (secondary N) is 1. The summed E-state index contributed by atoms with van der Waals surface area (Å²) < 4.78 is 0. The maximum absolute atomic E-state index is 12.2. The molecule has 104 valence electrons. The van der Waals surface area contributed by atoms with E-state index in [1.54, 1.807) is 6.07 Å². The van der Waals surface area contributed by atoms with Crippen LogP contribution in [0.25, 0.3) is 0 Å². The van der Waals surface area contributed by atoms with Crippen LogP contribution in [0.1, 0.15) is 35.8 Å². The molecule has 2 rings (SSSR count). The third kappa shape index (κ3) is 3.91. The number of rotatable bonds is 3. The van der Waals surface area contributed by atoms with Crippen LogP contribution in [0.2, 0.25) is 5.15 Å². The van der Waals surface area contributed by atoms with Gasteiger partial charge in [0.2, 0.25) is 0 Å². The fourth-order valence-corrected chi connectivity index (χ4v) is 2.51. The Bertz CT molecular complexity index is 456. The molecule has 1 amide bonds. The second-order valence-corrected chi connectivity index (χ2v) is 5.46. The number of hydrogen-bond acceptors (Lipinski definition) is 3. The quantitative estimate of drug-likeness (QED) is 0.863. The molecular weight excluding hydrogens is 262 g/mol. The summed E-state index contributed by atoms with van der Waals surface area (Å²) in [6.07, 6.45) is 2.78. The molecule has 0 atom stereocenters. The van der Waals surface area contributed by atoms with Gasteiger partial charge in [-0.3, -0.25) is 4.79 Å². The topological polar surface area (TPSA) is 45.2 Å². The predicted octanol–water partition coefficient (Wildman–Crippen LogP) is 2.12. The molecule has 0 saturated carbocycles. The van der Waals surface area contributed by atoms with E-state index in [0.717, 1.165) is 38.0 Å². The monoisotopic (exact) mass is 281 g/mol. The van der Waals surface area contributed by atoms with Gasteiger partial charge in [-0.25, -0.2) is 4.98 Å². The second kappa shape index (κ2) is 6.35. The van der Waals surface area contributed by atoms with E-state index in [4.69, 9.17) is 11.6 Å². The van der Waals surface area contributed by atoms with E-state index in [9.17, 15) is 4.79 Å². The third-order valence-electron chi connectivity index (χ3n) is 3.53. The first-order valence-electron chi connectivity index (χ1n) is 6.74. The molecule has 5 heteroatoms. The van der Waals surface area contributed by atoms with E-state index in [0.29, 0.717) is 10.7 Å². The van der Waals surface area contributed by atoms with E-state index in [2.05, 4.69) is 22.2 Å². The first-order valence-corrected chi connectivity index (χ1v) is 7.12. The molecule has 1 fully saturated rings. The standard InChI is InChI=1S/C14H20ClN3O/c1-3-11-8-10(9-13(15)16-11)14(19)17-12-4-6-18(2)7-5-12/h8-9,12H,3-7H2,1-2H3,(H,17,19). The summed E-state index contributed by atoms with van der Waals surface area (Å²) in [6, 6.07) is 3.71. The normalized spacial score (nSPS) is 17.4. The molecular formula is C14H20ClN3O. The fourth-order valence-electron chi connectivity index (χ4n) is 2.29. The average molecular weight is 282 g/mol. The van der Waals surface area contributed by atoms with Crippen LogP contribution in [0.15, 0.2) is 12.1 Å². The van der Waals surface area contributed by atoms with Crippen LogP contribution in [0.5, 0.6) is 0 Å². The third-order valence-corrected chi connectivity index (χ3v) is 3.72. The minimum atomic E-state index is -0.0476. The summed E-state index contributed by atoms with van der Waals surface area (Å²) in [4.78, 5) is 18.7. The molecule has 1 aliphatic rings. The largest absolute Gasteiger partial charge is 0.349 e. The molecule has 0 radical (unpaired) electrons. The van der Waals surface area contributed by atoms with Crippen molar-refractivity contribution in [1.29, 1.82) is 0 Å². The number of halogens is 1. The van der Waals surface area contributed by atoms with Gasteiger partial charge in [0.1, 0.15) is 5.15 Å². The van der Waals surface area contributed by atoms with Crippen LogP contribution in [0.3, 0.4) is 0 Å². The van der Waals surface area contributed by atoms with Crippen LogP contribution < -0.4 is 5.32 Å². The van der Waals surface area contributed by atoms with E-state index in [1.807, 2.05) is 13.0 Å². The van der Waals surface area contributed by atoms with Gasteiger partial charge in [0, 0.05) is 17.3 Å². The number of aromatic nitrogens is 1. The van der Waals surface area contributed by atoms with Gasteiger partial charge < -0.3 is 10.2 Å². The first kappa shape index (κ1) is 14.3. The maximum atomic E-state index is 12.2. The summed E-state index contributed by atoms with van der Waals surface area (Å²) in [5.74, 6) is -0.0476. The number of carbonyl (C=O) groups is 1. The molecule has 1 saturated heterocycles.